The van der Waals surface area contributed by atoms with Gasteiger partial charge in [-0.1, -0.05) is 0 Å². The second-order valence-electron chi connectivity index (χ2n) is 7.56. The van der Waals surface area contributed by atoms with Crippen LogP contribution in [-0.2, 0) is 7.87 Å². The average molecular weight is 447 g/mol. The van der Waals surface area contributed by atoms with Gasteiger partial charge in [-0.2, -0.15) is 0 Å². The molecule has 0 aliphatic heterocycles. The summed E-state index contributed by atoms with van der Waals surface area (Å²) in [5.41, 5.74) is 0. The Morgan fingerprint density at radius 1 is 0.625 bits per heavy atom. The summed E-state index contributed by atoms with van der Waals surface area (Å²) in [6, 6.07) is 0. The SMILES string of the molecule is CCCCCCC[CH2][Sn]([CH2]CC)([CH2]CCCCCCC)[O]C(C)=O. The van der Waals surface area contributed by atoms with Gasteiger partial charge < -0.3 is 0 Å². The third kappa shape index (κ3) is 13.5. The van der Waals surface area contributed by atoms with E-state index in [9.17, 15) is 4.79 Å². The zero-order valence-corrected chi connectivity index (χ0v) is 20.0. The maximum absolute atomic E-state index is 11.7. The third-order valence-corrected chi connectivity index (χ3v) is 18.3. The van der Waals surface area contributed by atoms with Crippen molar-refractivity contribution < 1.29 is 7.87 Å². The Bertz CT molecular complexity index is 276. The summed E-state index contributed by atoms with van der Waals surface area (Å²) in [4.78, 5) is 11.7. The van der Waals surface area contributed by atoms with Gasteiger partial charge in [-0.3, -0.25) is 0 Å². The van der Waals surface area contributed by atoms with Crippen LogP contribution < -0.4 is 0 Å². The molecule has 0 saturated carbocycles. The topological polar surface area (TPSA) is 26.3 Å². The van der Waals surface area contributed by atoms with Gasteiger partial charge in [-0.25, -0.2) is 0 Å². The quantitative estimate of drug-likeness (QED) is 0.169. The van der Waals surface area contributed by atoms with E-state index in [-0.39, 0.29) is 5.97 Å². The van der Waals surface area contributed by atoms with Crippen LogP contribution in [0.5, 0.6) is 0 Å². The summed E-state index contributed by atoms with van der Waals surface area (Å²) < 4.78 is 9.87. The van der Waals surface area contributed by atoms with Crippen molar-refractivity contribution in [2.45, 2.75) is 124 Å². The molecule has 0 saturated heterocycles. The minimum atomic E-state index is -2.70. The monoisotopic (exact) mass is 448 g/mol. The first-order chi connectivity index (χ1) is 11.6. The third-order valence-electron chi connectivity index (χ3n) is 5.04. The number of carbonyl (C=O) groups is 1. The Balaban J connectivity index is 4.31. The zero-order valence-electron chi connectivity index (χ0n) is 17.1. The van der Waals surface area contributed by atoms with Crippen molar-refractivity contribution in [1.29, 1.82) is 0 Å². The molecule has 0 N–H and O–H groups in total. The fraction of sp³-hybridized carbons (Fsp3) is 0.952. The van der Waals surface area contributed by atoms with E-state index in [1.807, 2.05) is 0 Å². The molecule has 0 aromatic rings. The zero-order chi connectivity index (χ0) is 18.1. The van der Waals surface area contributed by atoms with Crippen LogP contribution in [0.25, 0.3) is 0 Å². The normalized spacial score (nSPS) is 11.7. The first kappa shape index (κ1) is 24.3. The van der Waals surface area contributed by atoms with Gasteiger partial charge in [-0.15, -0.1) is 0 Å². The molecular weight excluding hydrogens is 403 g/mol. The van der Waals surface area contributed by atoms with Crippen molar-refractivity contribution in [2.24, 2.45) is 0 Å². The van der Waals surface area contributed by atoms with Crippen LogP contribution in [-0.4, -0.2) is 24.8 Å². The van der Waals surface area contributed by atoms with Crippen molar-refractivity contribution >= 4 is 24.8 Å². The van der Waals surface area contributed by atoms with Crippen LogP contribution in [0.2, 0.25) is 13.3 Å². The van der Waals surface area contributed by atoms with Crippen LogP contribution in [0.4, 0.5) is 0 Å². The van der Waals surface area contributed by atoms with Gasteiger partial charge in [0.05, 0.1) is 0 Å². The summed E-state index contributed by atoms with van der Waals surface area (Å²) >= 11 is -2.70. The van der Waals surface area contributed by atoms with Crippen molar-refractivity contribution in [3.05, 3.63) is 0 Å². The molecule has 0 aromatic heterocycles. The molecule has 0 spiro atoms. The van der Waals surface area contributed by atoms with Gasteiger partial charge in [-0.05, 0) is 0 Å². The van der Waals surface area contributed by atoms with E-state index in [0.29, 0.717) is 0 Å². The van der Waals surface area contributed by atoms with E-state index in [0.717, 1.165) is 0 Å². The molecule has 0 unspecified atom stereocenters. The second-order valence-corrected chi connectivity index (χ2v) is 19.2. The van der Waals surface area contributed by atoms with E-state index >= 15 is 0 Å². The van der Waals surface area contributed by atoms with Gasteiger partial charge >= 0.3 is 157 Å². The van der Waals surface area contributed by atoms with Crippen molar-refractivity contribution in [3.63, 3.8) is 0 Å². The molecule has 0 aliphatic rings. The van der Waals surface area contributed by atoms with Gasteiger partial charge in [0.15, 0.2) is 0 Å². The standard InChI is InChI=1S/2C8H17.C3H7.C2H4O2.Sn/c2*1-3-5-7-8-6-4-2;1-3-2;1-2(3)4;/h2*1,3-8H2,2H3;1,3H2,2H3;1H3,(H,3,4);/q;;;;+1/p-1. The van der Waals surface area contributed by atoms with Gasteiger partial charge in [0.25, 0.3) is 0 Å². The average Bonchev–Trinajstić information content (AvgIpc) is 2.54. The molecule has 0 heterocycles. The maximum atomic E-state index is 11.7. The van der Waals surface area contributed by atoms with Crippen molar-refractivity contribution in [3.8, 4) is 0 Å². The van der Waals surface area contributed by atoms with Crippen molar-refractivity contribution in [2.75, 3.05) is 0 Å². The van der Waals surface area contributed by atoms with Crippen LogP contribution in [0.1, 0.15) is 111 Å². The molecule has 3 heteroatoms. The van der Waals surface area contributed by atoms with E-state index in [2.05, 4.69) is 20.8 Å². The molecule has 144 valence electrons. The van der Waals surface area contributed by atoms with Gasteiger partial charge in [0, 0.05) is 0 Å². The number of rotatable bonds is 17. The molecule has 0 amide bonds. The van der Waals surface area contributed by atoms with E-state index in [4.69, 9.17) is 3.07 Å². The van der Waals surface area contributed by atoms with E-state index in [1.165, 1.54) is 96.8 Å². The summed E-state index contributed by atoms with van der Waals surface area (Å²) in [5, 5.41) is 0. The fourth-order valence-electron chi connectivity index (χ4n) is 3.74. The number of hydrogen-bond acceptors (Lipinski definition) is 2. The van der Waals surface area contributed by atoms with Crippen LogP contribution in [0.3, 0.4) is 0 Å². The Morgan fingerprint density at radius 2 is 1.04 bits per heavy atom. The number of hydrogen-bond donors (Lipinski definition) is 0. The first-order valence-electron chi connectivity index (χ1n) is 10.8. The Labute approximate surface area is 156 Å². The Kier molecular flexibility index (Phi) is 16.9. The van der Waals surface area contributed by atoms with Crippen LogP contribution >= 0.6 is 0 Å². The molecule has 0 fully saturated rings. The molecule has 0 bridgehead atoms. The Morgan fingerprint density at radius 3 is 1.42 bits per heavy atom. The molecule has 0 aliphatic carbocycles. The first-order valence-corrected chi connectivity index (χ1v) is 18.0. The molecule has 0 radical (unpaired) electrons. The van der Waals surface area contributed by atoms with Gasteiger partial charge in [0.2, 0.25) is 0 Å². The predicted octanol–water partition coefficient (Wildman–Crippen LogP) is 7.63. The fourth-order valence-corrected chi connectivity index (χ4v) is 16.2. The second kappa shape index (κ2) is 16.7. The van der Waals surface area contributed by atoms with E-state index < -0.39 is 18.8 Å². The minimum absolute atomic E-state index is 0.00350. The molecule has 2 nitrogen and oxygen atoms in total. The van der Waals surface area contributed by atoms with Crippen molar-refractivity contribution in [1.82, 2.24) is 0 Å². The Hall–Kier alpha value is 0.269. The number of unbranched alkanes of at least 4 members (excludes halogenated alkanes) is 10. The van der Waals surface area contributed by atoms with Gasteiger partial charge in [0.1, 0.15) is 0 Å². The summed E-state index contributed by atoms with van der Waals surface area (Å²) in [6.45, 7) is 8.43. The van der Waals surface area contributed by atoms with Crippen LogP contribution in [0.15, 0.2) is 0 Å². The molecule has 24 heavy (non-hydrogen) atoms. The molecule has 0 atom stereocenters. The molecular formula is C21H44O2Sn. The summed E-state index contributed by atoms with van der Waals surface area (Å²) in [7, 11) is 0. The van der Waals surface area contributed by atoms with E-state index in [1.54, 1.807) is 6.92 Å². The summed E-state index contributed by atoms with van der Waals surface area (Å²) in [6.07, 6.45) is 17.3. The van der Waals surface area contributed by atoms with Crippen LogP contribution in [0, 0.1) is 0 Å². The number of carbonyl (C=O) groups excluding carboxylic acids is 1. The molecule has 0 aromatic carbocycles. The molecule has 0 rings (SSSR count). The summed E-state index contributed by atoms with van der Waals surface area (Å²) in [5.74, 6) is -0.00350. The predicted molar refractivity (Wildman–Crippen MR) is 109 cm³/mol.